The fourth-order valence-corrected chi connectivity index (χ4v) is 2.20. The highest BCUT2D eigenvalue weighted by molar-refractivity contribution is 5.78. The van der Waals surface area contributed by atoms with Crippen LogP contribution in [0.3, 0.4) is 0 Å². The molecule has 0 bridgehead atoms. The Kier molecular flexibility index (Phi) is 5.34. The summed E-state index contributed by atoms with van der Waals surface area (Å²) in [4.78, 5) is 11.5. The molecule has 0 aliphatic rings. The number of aliphatic carboxylic acids is 1. The van der Waals surface area contributed by atoms with Crippen LogP contribution >= 0.6 is 0 Å². The van der Waals surface area contributed by atoms with E-state index in [1.54, 1.807) is 6.20 Å². The van der Waals surface area contributed by atoms with Crippen molar-refractivity contribution >= 4 is 5.97 Å². The lowest BCUT2D eigenvalue weighted by atomic mass is 9.89. The molecule has 0 aromatic carbocycles. The molecule has 18 heavy (non-hydrogen) atoms. The minimum absolute atomic E-state index is 0.158. The molecule has 1 heterocycles. The van der Waals surface area contributed by atoms with Gasteiger partial charge in [-0.25, -0.2) is 0 Å². The largest absolute Gasteiger partial charge is 0.480 e. The number of hydrogen-bond acceptors (Lipinski definition) is 3. The molecule has 1 aromatic rings. The molecule has 0 amide bonds. The first-order valence-corrected chi connectivity index (χ1v) is 6.48. The number of nitrogens with zero attached hydrogens (tertiary/aromatic N) is 2. The molecule has 102 valence electrons. The Morgan fingerprint density at radius 3 is 2.72 bits per heavy atom. The molecule has 0 radical (unpaired) electrons. The summed E-state index contributed by atoms with van der Waals surface area (Å²) in [6.45, 7) is 6.61. The third-order valence-electron chi connectivity index (χ3n) is 3.13. The van der Waals surface area contributed by atoms with Gasteiger partial charge in [-0.2, -0.15) is 5.10 Å². The molecule has 1 atom stereocenters. The van der Waals surface area contributed by atoms with E-state index in [4.69, 9.17) is 0 Å². The van der Waals surface area contributed by atoms with Gasteiger partial charge < -0.3 is 5.11 Å². The fourth-order valence-electron chi connectivity index (χ4n) is 2.20. The summed E-state index contributed by atoms with van der Waals surface area (Å²) in [5.41, 5.74) is -0.818. The SMILES string of the molecule is CCC(CCCn1cccn1)(NC(C)C)C(=O)O. The van der Waals surface area contributed by atoms with Crippen molar-refractivity contribution in [3.05, 3.63) is 18.5 Å². The zero-order chi connectivity index (χ0) is 13.6. The van der Waals surface area contributed by atoms with Crippen molar-refractivity contribution in [1.29, 1.82) is 0 Å². The van der Waals surface area contributed by atoms with Gasteiger partial charge in [0, 0.05) is 25.0 Å². The summed E-state index contributed by atoms with van der Waals surface area (Å²) in [6.07, 6.45) is 5.61. The van der Waals surface area contributed by atoms with Gasteiger partial charge in [0.1, 0.15) is 5.54 Å². The molecule has 0 saturated carbocycles. The van der Waals surface area contributed by atoms with Crippen LogP contribution in [0.25, 0.3) is 0 Å². The third kappa shape index (κ3) is 3.84. The molecule has 5 heteroatoms. The molecule has 0 aliphatic carbocycles. The molecule has 2 N–H and O–H groups in total. The van der Waals surface area contributed by atoms with Crippen LogP contribution in [0, 0.1) is 0 Å². The Bertz CT molecular complexity index is 362. The zero-order valence-electron chi connectivity index (χ0n) is 11.4. The second kappa shape index (κ2) is 6.54. The topological polar surface area (TPSA) is 67.2 Å². The van der Waals surface area contributed by atoms with Crippen LogP contribution < -0.4 is 5.32 Å². The molecular formula is C13H23N3O2. The van der Waals surface area contributed by atoms with E-state index in [0.29, 0.717) is 12.8 Å². The Hall–Kier alpha value is -1.36. The minimum atomic E-state index is -0.818. The van der Waals surface area contributed by atoms with Gasteiger partial charge in [0.15, 0.2) is 0 Å². The summed E-state index contributed by atoms with van der Waals surface area (Å²) in [6, 6.07) is 2.03. The molecule has 5 nitrogen and oxygen atoms in total. The summed E-state index contributed by atoms with van der Waals surface area (Å²) in [5, 5.41) is 16.8. The highest BCUT2D eigenvalue weighted by Crippen LogP contribution is 2.19. The first-order valence-electron chi connectivity index (χ1n) is 6.48. The van der Waals surface area contributed by atoms with Crippen molar-refractivity contribution in [3.8, 4) is 0 Å². The normalized spacial score (nSPS) is 14.7. The molecular weight excluding hydrogens is 230 g/mol. The summed E-state index contributed by atoms with van der Waals surface area (Å²) >= 11 is 0. The maximum atomic E-state index is 11.5. The second-order valence-electron chi connectivity index (χ2n) is 4.91. The molecule has 0 saturated heterocycles. The van der Waals surface area contributed by atoms with E-state index in [9.17, 15) is 9.90 Å². The lowest BCUT2D eigenvalue weighted by Gasteiger charge is -2.31. The summed E-state index contributed by atoms with van der Waals surface area (Å²) < 4.78 is 1.83. The number of carboxylic acid groups (broad SMARTS) is 1. The average molecular weight is 253 g/mol. The predicted molar refractivity (Wildman–Crippen MR) is 70.4 cm³/mol. The molecule has 1 rings (SSSR count). The predicted octanol–water partition coefficient (Wildman–Crippen LogP) is 1.89. The Balaban J connectivity index is 2.58. The van der Waals surface area contributed by atoms with Crippen molar-refractivity contribution in [2.24, 2.45) is 0 Å². The first kappa shape index (κ1) is 14.7. The van der Waals surface area contributed by atoms with Gasteiger partial charge in [0.2, 0.25) is 0 Å². The highest BCUT2D eigenvalue weighted by Gasteiger charge is 2.36. The van der Waals surface area contributed by atoms with E-state index >= 15 is 0 Å². The third-order valence-corrected chi connectivity index (χ3v) is 3.13. The van der Waals surface area contributed by atoms with Crippen molar-refractivity contribution < 1.29 is 9.90 Å². The highest BCUT2D eigenvalue weighted by atomic mass is 16.4. The van der Waals surface area contributed by atoms with Gasteiger partial charge >= 0.3 is 5.97 Å². The van der Waals surface area contributed by atoms with E-state index in [2.05, 4.69) is 10.4 Å². The smallest absolute Gasteiger partial charge is 0.323 e. The monoisotopic (exact) mass is 253 g/mol. The van der Waals surface area contributed by atoms with Crippen LogP contribution in [0.1, 0.15) is 40.0 Å². The Morgan fingerprint density at radius 2 is 2.28 bits per heavy atom. The first-order chi connectivity index (χ1) is 8.50. The number of aromatic nitrogens is 2. The van der Waals surface area contributed by atoms with Crippen LogP contribution in [0.2, 0.25) is 0 Å². The molecule has 1 unspecified atom stereocenters. The van der Waals surface area contributed by atoms with Gasteiger partial charge in [0.05, 0.1) is 0 Å². The quantitative estimate of drug-likeness (QED) is 0.742. The lowest BCUT2D eigenvalue weighted by molar-refractivity contribution is -0.145. The van der Waals surface area contributed by atoms with Crippen LogP contribution in [-0.2, 0) is 11.3 Å². The van der Waals surface area contributed by atoms with Gasteiger partial charge in [0.25, 0.3) is 0 Å². The molecule has 1 aromatic heterocycles. The van der Waals surface area contributed by atoms with Gasteiger partial charge in [-0.15, -0.1) is 0 Å². The zero-order valence-corrected chi connectivity index (χ0v) is 11.4. The van der Waals surface area contributed by atoms with Crippen LogP contribution in [0.5, 0.6) is 0 Å². The van der Waals surface area contributed by atoms with Gasteiger partial charge in [-0.05, 0) is 39.2 Å². The number of nitrogens with one attached hydrogen (secondary N) is 1. The maximum absolute atomic E-state index is 11.5. The van der Waals surface area contributed by atoms with Crippen molar-refractivity contribution in [2.45, 2.75) is 58.2 Å². The Labute approximate surface area is 108 Å². The van der Waals surface area contributed by atoms with Gasteiger partial charge in [-0.1, -0.05) is 6.92 Å². The standard InChI is InChI=1S/C13H23N3O2/c1-4-13(12(17)18,15-11(2)3)7-5-9-16-10-6-8-14-16/h6,8,10-11,15H,4-5,7,9H2,1-3H3,(H,17,18). The second-order valence-corrected chi connectivity index (χ2v) is 4.91. The number of rotatable bonds is 8. The fraction of sp³-hybridized carbons (Fsp3) is 0.692. The Morgan fingerprint density at radius 1 is 1.56 bits per heavy atom. The van der Waals surface area contributed by atoms with Gasteiger partial charge in [-0.3, -0.25) is 14.8 Å². The molecule has 0 aliphatic heterocycles. The van der Waals surface area contributed by atoms with E-state index in [1.807, 2.05) is 37.7 Å². The maximum Gasteiger partial charge on any atom is 0.323 e. The summed E-state index contributed by atoms with van der Waals surface area (Å²) in [7, 11) is 0. The molecule has 0 fully saturated rings. The van der Waals surface area contributed by atoms with Crippen molar-refractivity contribution in [1.82, 2.24) is 15.1 Å². The van der Waals surface area contributed by atoms with Crippen LogP contribution in [0.4, 0.5) is 0 Å². The minimum Gasteiger partial charge on any atom is -0.480 e. The molecule has 0 spiro atoms. The average Bonchev–Trinajstić information content (AvgIpc) is 2.79. The van der Waals surface area contributed by atoms with E-state index in [1.165, 1.54) is 0 Å². The van der Waals surface area contributed by atoms with Crippen LogP contribution in [-0.4, -0.2) is 32.4 Å². The van der Waals surface area contributed by atoms with E-state index < -0.39 is 11.5 Å². The van der Waals surface area contributed by atoms with E-state index in [0.717, 1.165) is 13.0 Å². The summed E-state index contributed by atoms with van der Waals surface area (Å²) in [5.74, 6) is -0.765. The number of aryl methyl sites for hydroxylation is 1. The lowest BCUT2D eigenvalue weighted by Crippen LogP contribution is -2.54. The number of hydrogen-bond donors (Lipinski definition) is 2. The van der Waals surface area contributed by atoms with E-state index in [-0.39, 0.29) is 6.04 Å². The number of carboxylic acids is 1. The van der Waals surface area contributed by atoms with Crippen molar-refractivity contribution in [3.63, 3.8) is 0 Å². The van der Waals surface area contributed by atoms with Crippen molar-refractivity contribution in [2.75, 3.05) is 0 Å². The van der Waals surface area contributed by atoms with Crippen LogP contribution in [0.15, 0.2) is 18.5 Å². The number of carbonyl (C=O) groups is 1.